The summed E-state index contributed by atoms with van der Waals surface area (Å²) in [5, 5.41) is 8.38. The third-order valence-electron chi connectivity index (χ3n) is 5.44. The number of carbonyl (C=O) groups excluding carboxylic acids is 1. The lowest BCUT2D eigenvalue weighted by Gasteiger charge is -2.40. The van der Waals surface area contributed by atoms with E-state index in [-0.39, 0.29) is 11.4 Å². The Hall–Kier alpha value is -1.89. The van der Waals surface area contributed by atoms with E-state index in [4.69, 9.17) is 16.3 Å². The van der Waals surface area contributed by atoms with Crippen molar-refractivity contribution >= 4 is 17.5 Å². The Labute approximate surface area is 171 Å². The summed E-state index contributed by atoms with van der Waals surface area (Å²) in [7, 11) is 0. The van der Waals surface area contributed by atoms with Crippen molar-refractivity contribution in [2.24, 2.45) is 0 Å². The van der Waals surface area contributed by atoms with E-state index in [0.717, 1.165) is 43.3 Å². The Morgan fingerprint density at radius 3 is 2.61 bits per heavy atom. The minimum atomic E-state index is -0.130. The number of amides is 1. The first-order valence-electron chi connectivity index (χ1n) is 9.68. The van der Waals surface area contributed by atoms with Gasteiger partial charge in [0.2, 0.25) is 0 Å². The van der Waals surface area contributed by atoms with E-state index in [0.29, 0.717) is 23.7 Å². The molecule has 0 spiro atoms. The van der Waals surface area contributed by atoms with Crippen molar-refractivity contribution in [3.05, 3.63) is 51.8 Å². The molecule has 0 atom stereocenters. The lowest BCUT2D eigenvalue weighted by molar-refractivity contribution is -0.00923. The summed E-state index contributed by atoms with van der Waals surface area (Å²) in [4.78, 5) is 15.3. The smallest absolute Gasteiger partial charge is 0.255 e. The van der Waals surface area contributed by atoms with Gasteiger partial charge in [-0.25, -0.2) is 0 Å². The Morgan fingerprint density at radius 2 is 1.93 bits per heavy atom. The summed E-state index contributed by atoms with van der Waals surface area (Å²) < 4.78 is 7.28. The van der Waals surface area contributed by atoms with Crippen molar-refractivity contribution in [2.45, 2.75) is 39.8 Å². The molecule has 1 aromatic carbocycles. The Bertz CT molecular complexity index is 841. The van der Waals surface area contributed by atoms with Gasteiger partial charge in [0.05, 0.1) is 31.0 Å². The Balaban J connectivity index is 1.70. The van der Waals surface area contributed by atoms with Crippen LogP contribution in [-0.4, -0.2) is 59.0 Å². The normalized spacial score (nSPS) is 15.6. The highest BCUT2D eigenvalue weighted by Gasteiger charge is 2.29. The number of hydrogen-bond donors (Lipinski definition) is 1. The van der Waals surface area contributed by atoms with Gasteiger partial charge < -0.3 is 10.1 Å². The molecular formula is C21H29ClN4O2. The molecule has 28 heavy (non-hydrogen) atoms. The van der Waals surface area contributed by atoms with Gasteiger partial charge >= 0.3 is 0 Å². The number of nitrogens with one attached hydrogen (secondary N) is 1. The zero-order valence-corrected chi connectivity index (χ0v) is 17.8. The van der Waals surface area contributed by atoms with Gasteiger partial charge in [-0.15, -0.1) is 0 Å². The third-order valence-corrected chi connectivity index (χ3v) is 5.80. The average molecular weight is 405 g/mol. The molecule has 1 aliphatic heterocycles. The molecule has 0 unspecified atom stereocenters. The monoisotopic (exact) mass is 404 g/mol. The van der Waals surface area contributed by atoms with Crippen molar-refractivity contribution < 1.29 is 9.53 Å². The second kappa shape index (κ2) is 8.64. The summed E-state index contributed by atoms with van der Waals surface area (Å²) in [5.41, 5.74) is 3.07. The molecular weight excluding hydrogens is 376 g/mol. The van der Waals surface area contributed by atoms with Crippen molar-refractivity contribution in [2.75, 3.05) is 32.8 Å². The van der Waals surface area contributed by atoms with E-state index >= 15 is 0 Å². The molecule has 6 nitrogen and oxygen atoms in total. The number of carbonyl (C=O) groups is 1. The molecule has 2 aromatic rings. The first-order chi connectivity index (χ1) is 13.3. The third kappa shape index (κ3) is 4.57. The van der Waals surface area contributed by atoms with Crippen LogP contribution < -0.4 is 5.32 Å². The highest BCUT2D eigenvalue weighted by atomic mass is 35.5. The molecule has 0 saturated carbocycles. The maximum Gasteiger partial charge on any atom is 0.255 e. The van der Waals surface area contributed by atoms with Crippen molar-refractivity contribution in [1.82, 2.24) is 20.0 Å². The topological polar surface area (TPSA) is 59.4 Å². The number of aryl methyl sites for hydroxylation is 1. The number of morpholine rings is 1. The molecule has 1 aliphatic rings. The summed E-state index contributed by atoms with van der Waals surface area (Å²) in [6.45, 7) is 12.5. The van der Waals surface area contributed by atoms with Crippen LogP contribution in [0, 0.1) is 13.8 Å². The van der Waals surface area contributed by atoms with Gasteiger partial charge in [0, 0.05) is 35.9 Å². The number of halogens is 1. The molecule has 7 heteroatoms. The molecule has 1 fully saturated rings. The maximum atomic E-state index is 12.9. The van der Waals surface area contributed by atoms with Gasteiger partial charge in [0.25, 0.3) is 5.91 Å². The Morgan fingerprint density at radius 1 is 1.25 bits per heavy atom. The van der Waals surface area contributed by atoms with E-state index in [1.54, 1.807) is 0 Å². The van der Waals surface area contributed by atoms with E-state index in [1.165, 1.54) is 0 Å². The fourth-order valence-corrected chi connectivity index (χ4v) is 3.83. The number of ether oxygens (including phenoxy) is 1. The van der Waals surface area contributed by atoms with Crippen LogP contribution >= 0.6 is 11.6 Å². The lowest BCUT2D eigenvalue weighted by Crippen LogP contribution is -2.55. The van der Waals surface area contributed by atoms with Crippen LogP contribution in [0.5, 0.6) is 0 Å². The van der Waals surface area contributed by atoms with Crippen molar-refractivity contribution in [1.29, 1.82) is 0 Å². The van der Waals surface area contributed by atoms with Crippen LogP contribution in [-0.2, 0) is 11.3 Å². The number of rotatable bonds is 6. The zero-order valence-electron chi connectivity index (χ0n) is 17.1. The van der Waals surface area contributed by atoms with E-state index in [9.17, 15) is 4.79 Å². The predicted octanol–water partition coefficient (Wildman–Crippen LogP) is 3.04. The van der Waals surface area contributed by atoms with Crippen LogP contribution in [0.1, 0.15) is 41.2 Å². The van der Waals surface area contributed by atoms with E-state index in [2.05, 4.69) is 29.2 Å². The summed E-state index contributed by atoms with van der Waals surface area (Å²) in [5.74, 6) is -0.0817. The van der Waals surface area contributed by atoms with E-state index < -0.39 is 0 Å². The quantitative estimate of drug-likeness (QED) is 0.803. The van der Waals surface area contributed by atoms with Crippen LogP contribution in [0.15, 0.2) is 24.3 Å². The second-order valence-electron chi connectivity index (χ2n) is 7.89. The van der Waals surface area contributed by atoms with Gasteiger partial charge in [-0.2, -0.15) is 5.10 Å². The molecule has 152 valence electrons. The van der Waals surface area contributed by atoms with Gasteiger partial charge in [-0.05, 0) is 39.3 Å². The molecule has 0 bridgehead atoms. The van der Waals surface area contributed by atoms with Crippen molar-refractivity contribution in [3.63, 3.8) is 0 Å². The molecule has 1 N–H and O–H groups in total. The predicted molar refractivity (Wildman–Crippen MR) is 111 cm³/mol. The molecule has 1 aromatic heterocycles. The molecule has 3 rings (SSSR count). The Kier molecular flexibility index (Phi) is 6.43. The second-order valence-corrected chi connectivity index (χ2v) is 8.30. The molecule has 0 aliphatic carbocycles. The van der Waals surface area contributed by atoms with Gasteiger partial charge in [0.15, 0.2) is 0 Å². The van der Waals surface area contributed by atoms with Crippen LogP contribution in [0.25, 0.3) is 0 Å². The highest BCUT2D eigenvalue weighted by Crippen LogP contribution is 2.20. The van der Waals surface area contributed by atoms with E-state index in [1.807, 2.05) is 42.8 Å². The average Bonchev–Trinajstić information content (AvgIpc) is 2.96. The van der Waals surface area contributed by atoms with Crippen LogP contribution in [0.3, 0.4) is 0 Å². The fourth-order valence-electron chi connectivity index (χ4n) is 3.63. The number of hydrogen-bond acceptors (Lipinski definition) is 4. The van der Waals surface area contributed by atoms with Gasteiger partial charge in [-0.3, -0.25) is 14.4 Å². The summed E-state index contributed by atoms with van der Waals surface area (Å²) in [6.07, 6.45) is 0. The highest BCUT2D eigenvalue weighted by molar-refractivity contribution is 6.31. The zero-order chi connectivity index (χ0) is 20.3. The lowest BCUT2D eigenvalue weighted by atomic mass is 10.0. The minimum Gasteiger partial charge on any atom is -0.379 e. The standard InChI is InChI=1S/C21H29ClN4O2/c1-15-19(16(2)26(24-15)13-17-7-5-6-8-18(17)22)20(27)23-14-21(3,4)25-9-11-28-12-10-25/h5-8H,9-14H2,1-4H3,(H,23,27). The SMILES string of the molecule is Cc1nn(Cc2ccccc2Cl)c(C)c1C(=O)NCC(C)(C)N1CCOCC1. The maximum absolute atomic E-state index is 12.9. The molecule has 0 radical (unpaired) electrons. The molecule has 1 amide bonds. The molecule has 1 saturated heterocycles. The minimum absolute atomic E-state index is 0.0817. The largest absolute Gasteiger partial charge is 0.379 e. The van der Waals surface area contributed by atoms with Crippen molar-refractivity contribution in [3.8, 4) is 0 Å². The first kappa shape index (κ1) is 20.8. The van der Waals surface area contributed by atoms with Crippen LogP contribution in [0.2, 0.25) is 5.02 Å². The first-order valence-corrected chi connectivity index (χ1v) is 10.1. The van der Waals surface area contributed by atoms with Gasteiger partial charge in [0.1, 0.15) is 0 Å². The number of benzene rings is 1. The van der Waals surface area contributed by atoms with Crippen LogP contribution in [0.4, 0.5) is 0 Å². The fraction of sp³-hybridized carbons (Fsp3) is 0.524. The number of nitrogens with zero attached hydrogens (tertiary/aromatic N) is 3. The summed E-state index contributed by atoms with van der Waals surface area (Å²) in [6, 6.07) is 7.70. The molecule has 2 heterocycles. The van der Waals surface area contributed by atoms with Gasteiger partial charge in [-0.1, -0.05) is 29.8 Å². The summed E-state index contributed by atoms with van der Waals surface area (Å²) >= 11 is 6.28. The number of aromatic nitrogens is 2.